The Morgan fingerprint density at radius 1 is 1.48 bits per heavy atom. The van der Waals surface area contributed by atoms with Gasteiger partial charge in [0.2, 0.25) is 6.20 Å². The van der Waals surface area contributed by atoms with E-state index in [1.165, 1.54) is 6.20 Å². The minimum absolute atomic E-state index is 0.224. The van der Waals surface area contributed by atoms with Gasteiger partial charge in [-0.1, -0.05) is 40.3 Å². The van der Waals surface area contributed by atoms with Crippen molar-refractivity contribution in [2.75, 3.05) is 6.61 Å². The average molecular weight is 397 g/mol. The van der Waals surface area contributed by atoms with Crippen LogP contribution in [0.25, 0.3) is 6.08 Å². The van der Waals surface area contributed by atoms with Crippen LogP contribution in [0.15, 0.2) is 46.8 Å². The molecule has 0 radical (unpaired) electrons. The number of benzene rings is 1. The van der Waals surface area contributed by atoms with Crippen LogP contribution >= 0.6 is 22.6 Å². The summed E-state index contributed by atoms with van der Waals surface area (Å²) >= 11 is 1.92. The molecule has 1 aromatic carbocycles. The molecule has 1 aromatic rings. The standard InChI is InChI=1S/C15H16IN3O2/c1-13(14(2)18-21-12-6-10-16)17-19(20)11-9-15-7-4-3-5-8-15/h3-5,7-9,11,13H,12H2,1-2H3/b11-9+,18-14+,19-17?. The molecule has 1 unspecified atom stereocenters. The molecule has 5 nitrogen and oxygen atoms in total. The van der Waals surface area contributed by atoms with Crippen molar-refractivity contribution in [1.82, 2.24) is 0 Å². The zero-order valence-electron chi connectivity index (χ0n) is 11.9. The molecule has 6 heteroatoms. The van der Waals surface area contributed by atoms with E-state index in [9.17, 15) is 5.21 Å². The molecule has 0 aliphatic carbocycles. The van der Waals surface area contributed by atoms with Crippen molar-refractivity contribution < 1.29 is 9.70 Å². The van der Waals surface area contributed by atoms with Crippen LogP contribution in [0.4, 0.5) is 0 Å². The van der Waals surface area contributed by atoms with E-state index in [-0.39, 0.29) is 12.6 Å². The van der Waals surface area contributed by atoms with E-state index in [2.05, 4.69) is 20.1 Å². The highest BCUT2D eigenvalue weighted by Crippen LogP contribution is 2.02. The zero-order valence-corrected chi connectivity index (χ0v) is 14.0. The number of nitrogens with zero attached hydrogens (tertiary/aromatic N) is 3. The molecule has 0 N–H and O–H groups in total. The van der Waals surface area contributed by atoms with Crippen molar-refractivity contribution >= 4 is 34.4 Å². The lowest BCUT2D eigenvalue weighted by Gasteiger charge is -2.03. The third kappa shape index (κ3) is 7.46. The second kappa shape index (κ2) is 9.94. The fraction of sp³-hybridized carbons (Fsp3) is 0.267. The van der Waals surface area contributed by atoms with Crippen LogP contribution in [0.2, 0.25) is 0 Å². The van der Waals surface area contributed by atoms with Crippen molar-refractivity contribution in [2.24, 2.45) is 10.3 Å². The van der Waals surface area contributed by atoms with Crippen molar-refractivity contribution in [3.05, 3.63) is 47.3 Å². The molecular weight excluding hydrogens is 381 g/mol. The summed E-state index contributed by atoms with van der Waals surface area (Å²) < 4.78 is 2.67. The number of halogens is 1. The smallest absolute Gasteiger partial charge is 0.210 e. The lowest BCUT2D eigenvalue weighted by Crippen LogP contribution is -2.13. The molecule has 21 heavy (non-hydrogen) atoms. The Balaban J connectivity index is 2.59. The first kappa shape index (κ1) is 17.2. The molecule has 0 spiro atoms. The Morgan fingerprint density at radius 2 is 2.19 bits per heavy atom. The van der Waals surface area contributed by atoms with Gasteiger partial charge in [0.05, 0.1) is 5.71 Å². The van der Waals surface area contributed by atoms with E-state index in [1.54, 1.807) is 19.9 Å². The molecule has 0 amide bonds. The van der Waals surface area contributed by atoms with Crippen LogP contribution < -0.4 is 0 Å². The van der Waals surface area contributed by atoms with E-state index in [1.807, 2.05) is 52.9 Å². The maximum Gasteiger partial charge on any atom is 0.210 e. The maximum atomic E-state index is 11.7. The minimum atomic E-state index is -0.365. The molecule has 0 bridgehead atoms. The van der Waals surface area contributed by atoms with E-state index in [0.29, 0.717) is 10.6 Å². The molecule has 0 aliphatic rings. The Labute approximate surface area is 138 Å². The number of oxime groups is 1. The lowest BCUT2D eigenvalue weighted by molar-refractivity contribution is -0.459. The van der Waals surface area contributed by atoms with Crippen LogP contribution in [0.3, 0.4) is 0 Å². The normalized spacial score (nSPS) is 13.7. The molecular formula is C15H16IN3O2. The number of rotatable bonds is 6. The predicted molar refractivity (Wildman–Crippen MR) is 91.9 cm³/mol. The highest BCUT2D eigenvalue weighted by Gasteiger charge is 2.08. The molecule has 0 saturated heterocycles. The lowest BCUT2D eigenvalue weighted by atomic mass is 10.2. The highest BCUT2D eigenvalue weighted by atomic mass is 127. The van der Waals surface area contributed by atoms with Gasteiger partial charge in [-0.3, -0.25) is 0 Å². The van der Waals surface area contributed by atoms with Gasteiger partial charge in [0.15, 0.2) is 12.6 Å². The summed E-state index contributed by atoms with van der Waals surface area (Å²) in [6.45, 7) is 3.75. The summed E-state index contributed by atoms with van der Waals surface area (Å²) in [6, 6.07) is 9.17. The SMILES string of the molecule is C/C(=N\OCC#CI)C(C)N=[N+]([O-])/C=C/c1ccccc1. The summed E-state index contributed by atoms with van der Waals surface area (Å²) in [5, 5.41) is 19.4. The summed E-state index contributed by atoms with van der Waals surface area (Å²) in [7, 11) is 0. The fourth-order valence-electron chi connectivity index (χ4n) is 1.28. The molecule has 0 heterocycles. The van der Waals surface area contributed by atoms with E-state index in [0.717, 1.165) is 5.56 Å². The molecule has 0 fully saturated rings. The van der Waals surface area contributed by atoms with E-state index >= 15 is 0 Å². The van der Waals surface area contributed by atoms with Crippen molar-refractivity contribution in [1.29, 1.82) is 0 Å². The number of hydroxylamine groups is 1. The topological polar surface area (TPSA) is 60.0 Å². The third-order valence-electron chi connectivity index (χ3n) is 2.50. The van der Waals surface area contributed by atoms with Crippen LogP contribution in [0.5, 0.6) is 0 Å². The molecule has 0 aromatic heterocycles. The highest BCUT2D eigenvalue weighted by molar-refractivity contribution is 14.1. The first-order chi connectivity index (χ1) is 10.1. The first-order valence-corrected chi connectivity index (χ1v) is 7.36. The van der Waals surface area contributed by atoms with Gasteiger partial charge in [-0.15, -0.1) is 0 Å². The van der Waals surface area contributed by atoms with Gasteiger partial charge in [-0.2, -0.15) is 0 Å². The number of hydrogen-bond acceptors (Lipinski definition) is 4. The van der Waals surface area contributed by atoms with Gasteiger partial charge in [-0.25, -0.2) is 0 Å². The zero-order chi connectivity index (χ0) is 15.5. The largest absolute Gasteiger partial charge is 0.595 e. The first-order valence-electron chi connectivity index (χ1n) is 6.29. The van der Waals surface area contributed by atoms with Crippen LogP contribution in [-0.4, -0.2) is 23.2 Å². The van der Waals surface area contributed by atoms with Gasteiger partial charge in [0, 0.05) is 28.7 Å². The number of azo groups is 1. The Morgan fingerprint density at radius 3 is 2.86 bits per heavy atom. The second-order valence-electron chi connectivity index (χ2n) is 4.10. The minimum Gasteiger partial charge on any atom is -0.595 e. The average Bonchev–Trinajstić information content (AvgIpc) is 2.50. The van der Waals surface area contributed by atoms with Crippen LogP contribution in [0, 0.1) is 15.1 Å². The van der Waals surface area contributed by atoms with E-state index in [4.69, 9.17) is 4.84 Å². The van der Waals surface area contributed by atoms with Gasteiger partial charge in [0.25, 0.3) is 0 Å². The molecule has 1 atom stereocenters. The summed E-state index contributed by atoms with van der Waals surface area (Å²) in [4.78, 5) is 5.51. The monoisotopic (exact) mass is 397 g/mol. The van der Waals surface area contributed by atoms with Crippen LogP contribution in [0.1, 0.15) is 19.4 Å². The quantitative estimate of drug-likeness (QED) is 0.140. The summed E-state index contributed by atoms with van der Waals surface area (Å²) in [6.07, 6.45) is 3.06. The van der Waals surface area contributed by atoms with Gasteiger partial charge < -0.3 is 10.0 Å². The van der Waals surface area contributed by atoms with Gasteiger partial charge in [0.1, 0.15) is 0 Å². The summed E-state index contributed by atoms with van der Waals surface area (Å²) in [5.41, 5.74) is 1.55. The Bertz CT molecular complexity index is 586. The third-order valence-corrected chi connectivity index (χ3v) is 2.88. The maximum absolute atomic E-state index is 11.7. The summed E-state index contributed by atoms with van der Waals surface area (Å²) in [5.74, 6) is 2.72. The van der Waals surface area contributed by atoms with Gasteiger partial charge in [-0.05, 0) is 34.4 Å². The molecule has 110 valence electrons. The predicted octanol–water partition coefficient (Wildman–Crippen LogP) is 3.80. The van der Waals surface area contributed by atoms with Crippen molar-refractivity contribution in [2.45, 2.75) is 19.9 Å². The second-order valence-corrected chi connectivity index (χ2v) is 4.64. The van der Waals surface area contributed by atoms with Crippen molar-refractivity contribution in [3.63, 3.8) is 0 Å². The Hall–Kier alpha value is -1.88. The molecule has 0 saturated carbocycles. The van der Waals surface area contributed by atoms with Crippen LogP contribution in [-0.2, 0) is 4.84 Å². The molecule has 0 aliphatic heterocycles. The van der Waals surface area contributed by atoms with Gasteiger partial charge >= 0.3 is 0 Å². The molecule has 1 rings (SSSR count). The Kier molecular flexibility index (Phi) is 8.12. The number of hydrogen-bond donors (Lipinski definition) is 0. The van der Waals surface area contributed by atoms with E-state index < -0.39 is 0 Å². The fourth-order valence-corrected chi connectivity index (χ4v) is 1.43. The van der Waals surface area contributed by atoms with Crippen molar-refractivity contribution in [3.8, 4) is 9.85 Å².